The van der Waals surface area contributed by atoms with E-state index in [1.165, 1.54) is 19.3 Å². The van der Waals surface area contributed by atoms with E-state index in [0.29, 0.717) is 19.6 Å². The Bertz CT molecular complexity index is 766. The van der Waals surface area contributed by atoms with Gasteiger partial charge < -0.3 is 14.5 Å². The number of piperazine rings is 2. The summed E-state index contributed by atoms with van der Waals surface area (Å²) in [6, 6.07) is 8.52. The number of para-hydroxylation sites is 1. The molecule has 0 aromatic heterocycles. The molecule has 1 aromatic carbocycles. The molecular formula is C24H36N4O3. The largest absolute Gasteiger partial charge is 0.481 e. The Morgan fingerprint density at radius 2 is 1.61 bits per heavy atom. The van der Waals surface area contributed by atoms with Gasteiger partial charge in [0.15, 0.2) is 6.10 Å². The Kier molecular flexibility index (Phi) is 7.13. The molecule has 31 heavy (non-hydrogen) atoms. The molecule has 170 valence electrons. The SMILES string of the molecule is Cc1ccccc1OC(C)C(=O)N1CCN(CC(=O)N2CCN(C3CCC3)CC2)CC1. The zero-order valence-corrected chi connectivity index (χ0v) is 19.0. The number of ether oxygens (including phenoxy) is 1. The van der Waals surface area contributed by atoms with Crippen molar-refractivity contribution in [2.45, 2.75) is 45.3 Å². The smallest absolute Gasteiger partial charge is 0.263 e. The second-order valence-electron chi connectivity index (χ2n) is 9.13. The average molecular weight is 429 g/mol. The fourth-order valence-electron chi connectivity index (χ4n) is 4.69. The normalized spacial score (nSPS) is 22.1. The van der Waals surface area contributed by atoms with Crippen molar-refractivity contribution in [3.8, 4) is 5.75 Å². The van der Waals surface area contributed by atoms with Crippen molar-refractivity contribution < 1.29 is 14.3 Å². The van der Waals surface area contributed by atoms with E-state index in [-0.39, 0.29) is 11.8 Å². The van der Waals surface area contributed by atoms with Gasteiger partial charge in [-0.2, -0.15) is 0 Å². The van der Waals surface area contributed by atoms with Crippen molar-refractivity contribution >= 4 is 11.8 Å². The molecule has 0 N–H and O–H groups in total. The second-order valence-corrected chi connectivity index (χ2v) is 9.13. The number of nitrogens with zero attached hydrogens (tertiary/aromatic N) is 4. The quantitative estimate of drug-likeness (QED) is 0.689. The summed E-state index contributed by atoms with van der Waals surface area (Å²) in [5, 5.41) is 0. The van der Waals surface area contributed by atoms with Gasteiger partial charge in [0.25, 0.3) is 5.91 Å². The molecule has 1 atom stereocenters. The maximum absolute atomic E-state index is 12.8. The molecule has 0 radical (unpaired) electrons. The van der Waals surface area contributed by atoms with E-state index in [1.54, 1.807) is 0 Å². The molecule has 1 saturated carbocycles. The molecule has 2 heterocycles. The molecule has 7 nitrogen and oxygen atoms in total. The molecule has 2 saturated heterocycles. The fourth-order valence-corrected chi connectivity index (χ4v) is 4.69. The summed E-state index contributed by atoms with van der Waals surface area (Å²) in [4.78, 5) is 34.2. The number of rotatable bonds is 6. The van der Waals surface area contributed by atoms with Crippen molar-refractivity contribution in [2.24, 2.45) is 0 Å². The van der Waals surface area contributed by atoms with Gasteiger partial charge in [-0.05, 0) is 38.3 Å². The molecule has 2 aliphatic heterocycles. The Morgan fingerprint density at radius 1 is 0.968 bits per heavy atom. The molecule has 1 aliphatic carbocycles. The van der Waals surface area contributed by atoms with E-state index >= 15 is 0 Å². The number of benzene rings is 1. The molecule has 4 rings (SSSR count). The lowest BCUT2D eigenvalue weighted by Crippen LogP contribution is -2.57. The summed E-state index contributed by atoms with van der Waals surface area (Å²) >= 11 is 0. The third kappa shape index (κ3) is 5.39. The van der Waals surface area contributed by atoms with E-state index in [2.05, 4.69) is 9.80 Å². The first-order valence-electron chi connectivity index (χ1n) is 11.8. The van der Waals surface area contributed by atoms with Gasteiger partial charge in [-0.3, -0.25) is 19.4 Å². The van der Waals surface area contributed by atoms with Crippen LogP contribution < -0.4 is 4.74 Å². The summed E-state index contributed by atoms with van der Waals surface area (Å²) in [5.74, 6) is 0.996. The zero-order chi connectivity index (χ0) is 21.8. The maximum atomic E-state index is 12.8. The van der Waals surface area contributed by atoms with Crippen molar-refractivity contribution in [1.29, 1.82) is 0 Å². The summed E-state index contributed by atoms with van der Waals surface area (Å²) < 4.78 is 5.90. The minimum atomic E-state index is -0.513. The second kappa shape index (κ2) is 10.0. The number of amides is 2. The van der Waals surface area contributed by atoms with E-state index < -0.39 is 6.10 Å². The number of hydrogen-bond donors (Lipinski definition) is 0. The van der Waals surface area contributed by atoms with Crippen LogP contribution in [-0.2, 0) is 9.59 Å². The molecule has 2 amide bonds. The molecule has 3 fully saturated rings. The van der Waals surface area contributed by atoms with Crippen LogP contribution in [0.25, 0.3) is 0 Å². The van der Waals surface area contributed by atoms with Crippen LogP contribution in [0.3, 0.4) is 0 Å². The number of hydrogen-bond acceptors (Lipinski definition) is 5. The van der Waals surface area contributed by atoms with Crippen LogP contribution in [0, 0.1) is 6.92 Å². The number of aryl methyl sites for hydroxylation is 1. The van der Waals surface area contributed by atoms with Gasteiger partial charge in [0.1, 0.15) is 5.75 Å². The standard InChI is InChI=1S/C24H36N4O3/c1-19-6-3-4-9-22(19)31-20(2)24(30)28-12-10-25(11-13-28)18-23(29)27-16-14-26(15-17-27)21-7-5-8-21/h3-4,6,9,20-21H,5,7-8,10-18H2,1-2H3. The zero-order valence-electron chi connectivity index (χ0n) is 19.0. The molecule has 0 bridgehead atoms. The maximum Gasteiger partial charge on any atom is 0.263 e. The fraction of sp³-hybridized carbons (Fsp3) is 0.667. The van der Waals surface area contributed by atoms with Crippen LogP contribution in [0.5, 0.6) is 5.75 Å². The molecule has 0 spiro atoms. The Balaban J connectivity index is 1.18. The highest BCUT2D eigenvalue weighted by atomic mass is 16.5. The summed E-state index contributed by atoms with van der Waals surface area (Å²) in [6.45, 7) is 10.7. The third-order valence-electron chi connectivity index (χ3n) is 7.05. The van der Waals surface area contributed by atoms with Crippen LogP contribution in [0.4, 0.5) is 0 Å². The van der Waals surface area contributed by atoms with Gasteiger partial charge in [0.05, 0.1) is 6.54 Å². The van der Waals surface area contributed by atoms with Gasteiger partial charge in [-0.25, -0.2) is 0 Å². The van der Waals surface area contributed by atoms with Gasteiger partial charge in [0, 0.05) is 58.4 Å². The topological polar surface area (TPSA) is 56.3 Å². The van der Waals surface area contributed by atoms with Gasteiger partial charge in [-0.1, -0.05) is 24.6 Å². The molecule has 7 heteroatoms. The highest BCUT2D eigenvalue weighted by Crippen LogP contribution is 2.25. The highest BCUT2D eigenvalue weighted by Gasteiger charge is 2.31. The van der Waals surface area contributed by atoms with Crippen molar-refractivity contribution in [1.82, 2.24) is 19.6 Å². The summed E-state index contributed by atoms with van der Waals surface area (Å²) in [7, 11) is 0. The molecule has 3 aliphatic rings. The Hall–Kier alpha value is -2.12. The average Bonchev–Trinajstić information content (AvgIpc) is 2.74. The van der Waals surface area contributed by atoms with Gasteiger partial charge in [0.2, 0.25) is 5.91 Å². The lowest BCUT2D eigenvalue weighted by Gasteiger charge is -2.43. The van der Waals surface area contributed by atoms with Crippen LogP contribution in [0.15, 0.2) is 24.3 Å². The monoisotopic (exact) mass is 428 g/mol. The van der Waals surface area contributed by atoms with Crippen molar-refractivity contribution in [3.63, 3.8) is 0 Å². The first-order chi connectivity index (χ1) is 15.0. The van der Waals surface area contributed by atoms with Crippen LogP contribution in [0.2, 0.25) is 0 Å². The first kappa shape index (κ1) is 22.1. The predicted octanol–water partition coefficient (Wildman–Crippen LogP) is 1.60. The van der Waals surface area contributed by atoms with E-state index in [4.69, 9.17) is 4.74 Å². The number of carbonyl (C=O) groups excluding carboxylic acids is 2. The lowest BCUT2D eigenvalue weighted by atomic mass is 9.91. The summed E-state index contributed by atoms with van der Waals surface area (Å²) in [5.41, 5.74) is 1.03. The minimum absolute atomic E-state index is 0.0151. The van der Waals surface area contributed by atoms with E-state index in [1.807, 2.05) is 47.9 Å². The molecular weight excluding hydrogens is 392 g/mol. The minimum Gasteiger partial charge on any atom is -0.481 e. The summed E-state index contributed by atoms with van der Waals surface area (Å²) in [6.07, 6.45) is 3.49. The third-order valence-corrected chi connectivity index (χ3v) is 7.05. The Labute approximate surface area is 185 Å². The Morgan fingerprint density at radius 3 is 2.23 bits per heavy atom. The van der Waals surface area contributed by atoms with Gasteiger partial charge >= 0.3 is 0 Å². The van der Waals surface area contributed by atoms with Crippen molar-refractivity contribution in [3.05, 3.63) is 29.8 Å². The predicted molar refractivity (Wildman–Crippen MR) is 120 cm³/mol. The number of carbonyl (C=O) groups is 2. The van der Waals surface area contributed by atoms with Gasteiger partial charge in [-0.15, -0.1) is 0 Å². The lowest BCUT2D eigenvalue weighted by molar-refractivity contribution is -0.140. The molecule has 1 aromatic rings. The molecule has 1 unspecified atom stereocenters. The van der Waals surface area contributed by atoms with E-state index in [0.717, 1.165) is 56.6 Å². The van der Waals surface area contributed by atoms with Crippen LogP contribution in [0.1, 0.15) is 31.7 Å². The van der Waals surface area contributed by atoms with Crippen LogP contribution >= 0.6 is 0 Å². The van der Waals surface area contributed by atoms with Crippen LogP contribution in [-0.4, -0.2) is 102 Å². The van der Waals surface area contributed by atoms with E-state index in [9.17, 15) is 9.59 Å². The highest BCUT2D eigenvalue weighted by molar-refractivity contribution is 5.81. The first-order valence-corrected chi connectivity index (χ1v) is 11.8. The van der Waals surface area contributed by atoms with Crippen molar-refractivity contribution in [2.75, 3.05) is 58.9 Å².